The highest BCUT2D eigenvalue weighted by Crippen LogP contribution is 2.23. The van der Waals surface area contributed by atoms with Crippen molar-refractivity contribution in [3.63, 3.8) is 0 Å². The Morgan fingerprint density at radius 1 is 0.786 bits per heavy atom. The summed E-state index contributed by atoms with van der Waals surface area (Å²) >= 11 is 0. The molecule has 1 N–H and O–H groups in total. The number of aryl methyl sites for hydroxylation is 1. The molecular formula is C35H39N3O4. The maximum absolute atomic E-state index is 13.0. The van der Waals surface area contributed by atoms with E-state index in [-0.39, 0.29) is 11.6 Å². The molecule has 0 atom stereocenters. The van der Waals surface area contributed by atoms with Crippen molar-refractivity contribution in [2.24, 2.45) is 7.05 Å². The number of rotatable bonds is 13. The third-order valence-corrected chi connectivity index (χ3v) is 7.79. The van der Waals surface area contributed by atoms with Gasteiger partial charge < -0.3 is 24.3 Å². The summed E-state index contributed by atoms with van der Waals surface area (Å²) in [5.41, 5.74) is 6.41. The van der Waals surface area contributed by atoms with E-state index < -0.39 is 0 Å². The van der Waals surface area contributed by atoms with E-state index in [1.807, 2.05) is 90.6 Å². The number of Topliss-reactive ketones (excluding diaryl/α,β-unsaturated/α-hetero) is 2. The number of methoxy groups -OCH3 is 1. The summed E-state index contributed by atoms with van der Waals surface area (Å²) in [4.78, 5) is 27.8. The number of nitrogens with one attached hydrogen (secondary N) is 1. The first-order valence-corrected chi connectivity index (χ1v) is 14.6. The molecule has 7 heteroatoms. The molecule has 0 radical (unpaired) electrons. The normalized spacial score (nSPS) is 13.7. The van der Waals surface area contributed by atoms with Crippen molar-refractivity contribution >= 4 is 28.6 Å². The Labute approximate surface area is 248 Å². The van der Waals surface area contributed by atoms with Crippen LogP contribution in [-0.4, -0.2) is 55.7 Å². The molecule has 218 valence electrons. The predicted molar refractivity (Wildman–Crippen MR) is 167 cm³/mol. The van der Waals surface area contributed by atoms with Gasteiger partial charge in [0.2, 0.25) is 0 Å². The van der Waals surface area contributed by atoms with Gasteiger partial charge in [-0.15, -0.1) is 0 Å². The van der Waals surface area contributed by atoms with E-state index in [1.165, 1.54) is 0 Å². The van der Waals surface area contributed by atoms with E-state index in [0.717, 1.165) is 59.7 Å². The number of nitrogens with zero attached hydrogens (tertiary/aromatic N) is 2. The van der Waals surface area contributed by atoms with Gasteiger partial charge in [0.25, 0.3) is 0 Å². The summed E-state index contributed by atoms with van der Waals surface area (Å²) in [6.07, 6.45) is 4.89. The summed E-state index contributed by atoms with van der Waals surface area (Å²) in [5.74, 6) is 0.206. The van der Waals surface area contributed by atoms with Crippen LogP contribution in [0.4, 0.5) is 17.1 Å². The Morgan fingerprint density at radius 3 is 1.93 bits per heavy atom. The number of ether oxygens (including phenoxy) is 2. The van der Waals surface area contributed by atoms with Crippen molar-refractivity contribution in [3.8, 4) is 0 Å². The first kappa shape index (κ1) is 29.3. The van der Waals surface area contributed by atoms with Gasteiger partial charge in [-0.3, -0.25) is 9.59 Å². The molecule has 2 heterocycles. The number of piperidine rings is 1. The predicted octanol–water partition coefficient (Wildman–Crippen LogP) is 6.25. The van der Waals surface area contributed by atoms with Gasteiger partial charge in [0.05, 0.1) is 25.0 Å². The molecule has 5 rings (SSSR count). The molecule has 4 aromatic rings. The second-order valence-corrected chi connectivity index (χ2v) is 10.8. The molecule has 0 aliphatic carbocycles. The van der Waals surface area contributed by atoms with Crippen LogP contribution >= 0.6 is 0 Å². The standard InChI is InChI=1S/C35H39N3O4/c1-37-19-3-4-33(37)35(40)25-27-7-13-30(14-8-27)36-29-11-5-26(6-12-29)24-34(39)28-9-15-31(16-10-28)38-20-17-32(18-21-38)42-23-22-41-2/h3-16,19,32,36H,17-18,20-25H2,1-2H3. The van der Waals surface area contributed by atoms with Gasteiger partial charge in [0.15, 0.2) is 11.6 Å². The van der Waals surface area contributed by atoms with E-state index in [9.17, 15) is 9.59 Å². The van der Waals surface area contributed by atoms with E-state index in [4.69, 9.17) is 9.47 Å². The second kappa shape index (κ2) is 14.1. The summed E-state index contributed by atoms with van der Waals surface area (Å²) in [6.45, 7) is 3.17. The van der Waals surface area contributed by atoms with Gasteiger partial charge in [0, 0.05) is 68.9 Å². The number of aromatic nitrogens is 1. The summed E-state index contributed by atoms with van der Waals surface area (Å²) < 4.78 is 12.8. The number of anilines is 3. The van der Waals surface area contributed by atoms with Gasteiger partial charge in [-0.2, -0.15) is 0 Å². The molecule has 1 aromatic heterocycles. The van der Waals surface area contributed by atoms with Crippen LogP contribution in [0, 0.1) is 0 Å². The molecule has 42 heavy (non-hydrogen) atoms. The zero-order valence-electron chi connectivity index (χ0n) is 24.4. The van der Waals surface area contributed by atoms with Crippen LogP contribution in [0.3, 0.4) is 0 Å². The molecule has 1 fully saturated rings. The van der Waals surface area contributed by atoms with Crippen molar-refractivity contribution in [2.75, 3.05) is 43.6 Å². The van der Waals surface area contributed by atoms with Gasteiger partial charge in [-0.25, -0.2) is 0 Å². The molecule has 1 saturated heterocycles. The number of ketones is 2. The minimum Gasteiger partial charge on any atom is -0.382 e. The smallest absolute Gasteiger partial charge is 0.183 e. The molecule has 1 aliphatic rings. The van der Waals surface area contributed by atoms with Crippen LogP contribution in [0.2, 0.25) is 0 Å². The summed E-state index contributed by atoms with van der Waals surface area (Å²) in [5, 5.41) is 3.39. The molecular weight excluding hydrogens is 526 g/mol. The Hall–Kier alpha value is -4.20. The Bertz CT molecular complexity index is 1450. The minimum atomic E-state index is 0.101. The van der Waals surface area contributed by atoms with Crippen LogP contribution in [0.1, 0.15) is 44.8 Å². The first-order chi connectivity index (χ1) is 20.5. The lowest BCUT2D eigenvalue weighted by Crippen LogP contribution is -2.37. The molecule has 0 spiro atoms. The molecule has 0 saturated carbocycles. The fraction of sp³-hybridized carbons (Fsp3) is 0.314. The third-order valence-electron chi connectivity index (χ3n) is 7.79. The fourth-order valence-electron chi connectivity index (χ4n) is 5.33. The van der Waals surface area contributed by atoms with E-state index in [2.05, 4.69) is 22.3 Å². The lowest BCUT2D eigenvalue weighted by Gasteiger charge is -2.33. The highest BCUT2D eigenvalue weighted by Gasteiger charge is 2.20. The zero-order chi connectivity index (χ0) is 29.3. The van der Waals surface area contributed by atoms with Crippen molar-refractivity contribution < 1.29 is 19.1 Å². The highest BCUT2D eigenvalue weighted by molar-refractivity contribution is 5.98. The maximum Gasteiger partial charge on any atom is 0.183 e. The number of carbonyl (C=O) groups is 2. The number of hydrogen-bond donors (Lipinski definition) is 1. The monoisotopic (exact) mass is 565 g/mol. The SMILES string of the molecule is COCCOC1CCN(c2ccc(C(=O)Cc3ccc(Nc4ccc(CC(=O)c5cccn5C)cc4)cc3)cc2)CC1. The molecule has 0 unspecified atom stereocenters. The molecule has 3 aromatic carbocycles. The molecule has 1 aliphatic heterocycles. The van der Waals surface area contributed by atoms with Crippen molar-refractivity contribution in [1.82, 2.24) is 4.57 Å². The highest BCUT2D eigenvalue weighted by atomic mass is 16.5. The zero-order valence-corrected chi connectivity index (χ0v) is 24.4. The van der Waals surface area contributed by atoms with Gasteiger partial charge in [-0.1, -0.05) is 24.3 Å². The van der Waals surface area contributed by atoms with Crippen LogP contribution < -0.4 is 10.2 Å². The van der Waals surface area contributed by atoms with E-state index >= 15 is 0 Å². The van der Waals surface area contributed by atoms with E-state index in [1.54, 1.807) is 7.11 Å². The number of hydrogen-bond acceptors (Lipinski definition) is 6. The lowest BCUT2D eigenvalue weighted by molar-refractivity contribution is 0.00610. The average Bonchev–Trinajstić information content (AvgIpc) is 3.45. The van der Waals surface area contributed by atoms with Crippen molar-refractivity contribution in [2.45, 2.75) is 31.8 Å². The van der Waals surface area contributed by atoms with Crippen LogP contribution in [0.25, 0.3) is 0 Å². The minimum absolute atomic E-state index is 0.101. The van der Waals surface area contributed by atoms with Crippen molar-refractivity contribution in [3.05, 3.63) is 114 Å². The van der Waals surface area contributed by atoms with Crippen LogP contribution in [0.5, 0.6) is 0 Å². The third kappa shape index (κ3) is 7.75. The summed E-state index contributed by atoms with van der Waals surface area (Å²) in [7, 11) is 3.57. The summed E-state index contributed by atoms with van der Waals surface area (Å²) in [6, 6.07) is 27.6. The fourth-order valence-corrected chi connectivity index (χ4v) is 5.33. The molecule has 7 nitrogen and oxygen atoms in total. The van der Waals surface area contributed by atoms with Gasteiger partial charge in [0.1, 0.15) is 0 Å². The molecule has 0 bridgehead atoms. The van der Waals surface area contributed by atoms with Gasteiger partial charge in [-0.05, 0) is 84.6 Å². The largest absolute Gasteiger partial charge is 0.382 e. The van der Waals surface area contributed by atoms with Gasteiger partial charge >= 0.3 is 0 Å². The number of carbonyl (C=O) groups excluding carboxylic acids is 2. The maximum atomic E-state index is 13.0. The first-order valence-electron chi connectivity index (χ1n) is 14.6. The lowest BCUT2D eigenvalue weighted by atomic mass is 10.0. The Kier molecular flexibility index (Phi) is 9.85. The molecule has 0 amide bonds. The van der Waals surface area contributed by atoms with Crippen molar-refractivity contribution in [1.29, 1.82) is 0 Å². The topological polar surface area (TPSA) is 72.8 Å². The van der Waals surface area contributed by atoms with E-state index in [0.29, 0.717) is 37.9 Å². The Morgan fingerprint density at radius 2 is 1.38 bits per heavy atom. The van der Waals surface area contributed by atoms with Crippen LogP contribution in [0.15, 0.2) is 91.1 Å². The quantitative estimate of drug-likeness (QED) is 0.153. The average molecular weight is 566 g/mol. The second-order valence-electron chi connectivity index (χ2n) is 10.8. The van der Waals surface area contributed by atoms with Crippen LogP contribution in [-0.2, 0) is 29.4 Å². The number of benzene rings is 3. The Balaban J connectivity index is 1.09.